The molecule has 1 aliphatic carbocycles. The summed E-state index contributed by atoms with van der Waals surface area (Å²) in [5.41, 5.74) is 12.7. The van der Waals surface area contributed by atoms with Crippen molar-refractivity contribution < 1.29 is 0 Å². The smallest absolute Gasteiger partial charge is 0.101 e. The van der Waals surface area contributed by atoms with E-state index in [9.17, 15) is 10.5 Å². The molecular formula is C49H45N3. The van der Waals surface area contributed by atoms with Crippen LogP contribution in [0, 0.1) is 22.7 Å². The van der Waals surface area contributed by atoms with Crippen molar-refractivity contribution >= 4 is 17.1 Å². The topological polar surface area (TPSA) is 50.8 Å². The predicted octanol–water partition coefficient (Wildman–Crippen LogP) is 12.0. The molecular weight excluding hydrogens is 631 g/mol. The van der Waals surface area contributed by atoms with Gasteiger partial charge in [0, 0.05) is 17.1 Å². The third-order valence-electron chi connectivity index (χ3n) is 10.7. The molecule has 1 aliphatic rings. The number of benzene rings is 6. The van der Waals surface area contributed by atoms with Crippen molar-refractivity contribution in [2.45, 2.75) is 70.6 Å². The molecule has 52 heavy (non-hydrogen) atoms. The fraction of sp³-hybridized carbons (Fsp3) is 0.224. The highest BCUT2D eigenvalue weighted by atomic mass is 15.1. The Bertz CT molecular complexity index is 2210. The highest BCUT2D eigenvalue weighted by molar-refractivity contribution is 5.79. The maximum absolute atomic E-state index is 10.3. The molecule has 6 aromatic rings. The standard InChI is InChI=1S/C49H45N3/c1-47(2,3)38-20-25-42(26-21-38)52(43-27-22-39(23-28-43)48(4,5)6)44-24-19-34-17-18-35-29-36(32-50)37(33-51)30-45(35)49(46(34)31-44,40-13-9-7-10-14-40)41-15-11-8-12-16-41/h7-16,19-31H,17-18H2,1-6H3. The summed E-state index contributed by atoms with van der Waals surface area (Å²) in [6.07, 6.45) is 1.57. The molecule has 0 bridgehead atoms. The van der Waals surface area contributed by atoms with E-state index in [2.05, 4.69) is 186 Å². The van der Waals surface area contributed by atoms with Gasteiger partial charge in [0.1, 0.15) is 12.1 Å². The van der Waals surface area contributed by atoms with Crippen LogP contribution in [-0.2, 0) is 29.1 Å². The van der Waals surface area contributed by atoms with Crippen LogP contribution in [-0.4, -0.2) is 0 Å². The minimum Gasteiger partial charge on any atom is -0.310 e. The van der Waals surface area contributed by atoms with E-state index in [1.165, 1.54) is 22.3 Å². The van der Waals surface area contributed by atoms with Crippen molar-refractivity contribution in [3.63, 3.8) is 0 Å². The van der Waals surface area contributed by atoms with Gasteiger partial charge in [-0.05, 0) is 117 Å². The Labute approximate surface area is 309 Å². The van der Waals surface area contributed by atoms with E-state index in [1.54, 1.807) is 0 Å². The van der Waals surface area contributed by atoms with Crippen molar-refractivity contribution in [2.24, 2.45) is 0 Å². The number of fused-ring (bicyclic) bond motifs is 2. The van der Waals surface area contributed by atoms with E-state index in [1.807, 2.05) is 12.1 Å². The summed E-state index contributed by atoms with van der Waals surface area (Å²) < 4.78 is 0. The van der Waals surface area contributed by atoms with Gasteiger partial charge in [0.15, 0.2) is 0 Å². The molecule has 0 fully saturated rings. The summed E-state index contributed by atoms with van der Waals surface area (Å²) in [4.78, 5) is 2.37. The van der Waals surface area contributed by atoms with Crippen LogP contribution >= 0.6 is 0 Å². The number of hydrogen-bond acceptors (Lipinski definition) is 3. The molecule has 0 N–H and O–H groups in total. The molecule has 0 aliphatic heterocycles. The summed E-state index contributed by atoms with van der Waals surface area (Å²) >= 11 is 0. The lowest BCUT2D eigenvalue weighted by molar-refractivity contribution is 0.590. The van der Waals surface area contributed by atoms with Crippen LogP contribution in [0.3, 0.4) is 0 Å². The van der Waals surface area contributed by atoms with Gasteiger partial charge in [0.25, 0.3) is 0 Å². The maximum Gasteiger partial charge on any atom is 0.101 e. The van der Waals surface area contributed by atoms with Gasteiger partial charge in [0.2, 0.25) is 0 Å². The molecule has 6 aromatic carbocycles. The van der Waals surface area contributed by atoms with Crippen molar-refractivity contribution in [3.05, 3.63) is 195 Å². The van der Waals surface area contributed by atoms with E-state index in [4.69, 9.17) is 0 Å². The largest absolute Gasteiger partial charge is 0.310 e. The van der Waals surface area contributed by atoms with Crippen LogP contribution in [0.25, 0.3) is 0 Å². The van der Waals surface area contributed by atoms with Crippen molar-refractivity contribution in [1.82, 2.24) is 0 Å². The zero-order valence-electron chi connectivity index (χ0n) is 31.0. The number of aryl methyl sites for hydroxylation is 2. The van der Waals surface area contributed by atoms with E-state index >= 15 is 0 Å². The third-order valence-corrected chi connectivity index (χ3v) is 10.7. The lowest BCUT2D eigenvalue weighted by atomic mass is 9.63. The van der Waals surface area contributed by atoms with Crippen molar-refractivity contribution in [3.8, 4) is 12.1 Å². The molecule has 0 saturated carbocycles. The average molecular weight is 676 g/mol. The van der Waals surface area contributed by atoms with E-state index in [-0.39, 0.29) is 10.8 Å². The molecule has 256 valence electrons. The predicted molar refractivity (Wildman–Crippen MR) is 214 cm³/mol. The summed E-state index contributed by atoms with van der Waals surface area (Å²) in [5.74, 6) is 0. The van der Waals surface area contributed by atoms with Gasteiger partial charge in [-0.3, -0.25) is 0 Å². The fourth-order valence-corrected chi connectivity index (χ4v) is 7.90. The summed E-state index contributed by atoms with van der Waals surface area (Å²) in [7, 11) is 0. The minimum atomic E-state index is -0.753. The Morgan fingerprint density at radius 1 is 0.481 bits per heavy atom. The van der Waals surface area contributed by atoms with Crippen molar-refractivity contribution in [2.75, 3.05) is 4.90 Å². The number of nitrogens with zero attached hydrogens (tertiary/aromatic N) is 3. The Morgan fingerprint density at radius 3 is 1.37 bits per heavy atom. The SMILES string of the molecule is CC(C)(C)c1ccc(N(c2ccc(C(C)(C)C)cc2)c2ccc3c(c2)C(c2ccccc2)(c2ccccc2)c2cc(C#N)c(C#N)cc2CC3)cc1. The number of rotatable bonds is 5. The Kier molecular flexibility index (Phi) is 8.86. The van der Waals surface area contributed by atoms with Crippen LogP contribution in [0.5, 0.6) is 0 Å². The van der Waals surface area contributed by atoms with E-state index in [0.29, 0.717) is 11.1 Å². The molecule has 0 atom stereocenters. The summed E-state index contributed by atoms with van der Waals surface area (Å²) in [5, 5.41) is 20.4. The van der Waals surface area contributed by atoms with Crippen LogP contribution in [0.15, 0.2) is 140 Å². The molecule has 3 heteroatoms. The molecule has 0 saturated heterocycles. The van der Waals surface area contributed by atoms with Crippen LogP contribution < -0.4 is 4.90 Å². The second kappa shape index (κ2) is 13.3. The van der Waals surface area contributed by atoms with Gasteiger partial charge in [-0.25, -0.2) is 0 Å². The molecule has 0 spiro atoms. The maximum atomic E-state index is 10.3. The van der Waals surface area contributed by atoms with Gasteiger partial charge in [-0.1, -0.05) is 133 Å². The highest BCUT2D eigenvalue weighted by Gasteiger charge is 2.43. The zero-order chi connectivity index (χ0) is 36.7. The normalized spacial score (nSPS) is 13.5. The lowest BCUT2D eigenvalue weighted by Crippen LogP contribution is -2.32. The summed E-state index contributed by atoms with van der Waals surface area (Å²) in [6, 6.07) is 54.8. The second-order valence-electron chi connectivity index (χ2n) is 16.0. The van der Waals surface area contributed by atoms with Gasteiger partial charge < -0.3 is 4.90 Å². The first-order valence-electron chi connectivity index (χ1n) is 18.2. The first-order chi connectivity index (χ1) is 24.9. The number of anilines is 3. The Hall–Kier alpha value is -5.90. The van der Waals surface area contributed by atoms with E-state index < -0.39 is 5.41 Å². The van der Waals surface area contributed by atoms with Crippen LogP contribution in [0.1, 0.15) is 97.2 Å². The quantitative estimate of drug-likeness (QED) is 0.183. The van der Waals surface area contributed by atoms with Crippen molar-refractivity contribution in [1.29, 1.82) is 10.5 Å². The second-order valence-corrected chi connectivity index (χ2v) is 16.0. The van der Waals surface area contributed by atoms with E-state index in [0.717, 1.165) is 52.2 Å². The molecule has 0 radical (unpaired) electrons. The molecule has 0 heterocycles. The van der Waals surface area contributed by atoms with Gasteiger partial charge in [-0.15, -0.1) is 0 Å². The highest BCUT2D eigenvalue weighted by Crippen LogP contribution is 2.51. The monoisotopic (exact) mass is 675 g/mol. The Balaban J connectivity index is 1.55. The molecule has 0 amide bonds. The van der Waals surface area contributed by atoms with Crippen LogP contribution in [0.4, 0.5) is 17.1 Å². The number of nitriles is 2. The van der Waals surface area contributed by atoms with Gasteiger partial charge in [-0.2, -0.15) is 10.5 Å². The first kappa shape index (κ1) is 34.5. The lowest BCUT2D eigenvalue weighted by Gasteiger charge is -2.39. The molecule has 0 unspecified atom stereocenters. The van der Waals surface area contributed by atoms with Gasteiger partial charge in [0.05, 0.1) is 16.5 Å². The fourth-order valence-electron chi connectivity index (χ4n) is 7.90. The van der Waals surface area contributed by atoms with Gasteiger partial charge >= 0.3 is 0 Å². The Morgan fingerprint density at radius 2 is 0.904 bits per heavy atom. The minimum absolute atomic E-state index is 0.0356. The average Bonchev–Trinajstić information content (AvgIpc) is 3.29. The first-order valence-corrected chi connectivity index (χ1v) is 18.2. The third kappa shape index (κ3) is 6.08. The zero-order valence-corrected chi connectivity index (χ0v) is 31.0. The molecule has 3 nitrogen and oxygen atoms in total. The number of hydrogen-bond donors (Lipinski definition) is 0. The molecule has 7 rings (SSSR count). The summed E-state index contributed by atoms with van der Waals surface area (Å²) in [6.45, 7) is 13.5. The van der Waals surface area contributed by atoms with Crippen LogP contribution in [0.2, 0.25) is 0 Å². The molecule has 0 aromatic heterocycles.